The molecule has 0 radical (unpaired) electrons. The molecule has 0 saturated heterocycles. The van der Waals surface area contributed by atoms with Crippen molar-refractivity contribution in [3.63, 3.8) is 0 Å². The number of carbonyl (C=O) groups is 1. The molecule has 0 amide bonds. The molecule has 0 aliphatic heterocycles. The van der Waals surface area contributed by atoms with Gasteiger partial charge in [-0.2, -0.15) is 0 Å². The van der Waals surface area contributed by atoms with Crippen LogP contribution in [0.3, 0.4) is 0 Å². The van der Waals surface area contributed by atoms with E-state index in [-0.39, 0.29) is 5.78 Å². The zero-order valence-electron chi connectivity index (χ0n) is 9.16. The van der Waals surface area contributed by atoms with Crippen molar-refractivity contribution in [2.24, 2.45) is 0 Å². The molecule has 0 N–H and O–H groups in total. The lowest BCUT2D eigenvalue weighted by Gasteiger charge is -2.02. The lowest BCUT2D eigenvalue weighted by Crippen LogP contribution is -1.96. The first-order valence-electron chi connectivity index (χ1n) is 5.24. The predicted octanol–water partition coefficient (Wildman–Crippen LogP) is 3.56. The van der Waals surface area contributed by atoms with E-state index in [1.807, 2.05) is 24.3 Å². The van der Waals surface area contributed by atoms with Gasteiger partial charge in [0, 0.05) is 11.1 Å². The summed E-state index contributed by atoms with van der Waals surface area (Å²) < 4.78 is 5.13. The highest BCUT2D eigenvalue weighted by atomic mass is 35.5. The second-order valence-corrected chi connectivity index (χ2v) is 4.31. The number of methoxy groups -OCH3 is 1. The SMILES string of the molecule is COc1ccc2c(c1)C(=O)c1c(Cl)cccc1-2. The Balaban J connectivity index is 2.31. The Bertz CT molecular complexity index is 632. The molecule has 0 aromatic heterocycles. The molecular weight excluding hydrogens is 236 g/mol. The van der Waals surface area contributed by atoms with Crippen LogP contribution in [0, 0.1) is 0 Å². The van der Waals surface area contributed by atoms with Gasteiger partial charge in [0.05, 0.1) is 12.1 Å². The minimum absolute atomic E-state index is 0.0282. The standard InChI is InChI=1S/C14H9ClO2/c1-17-8-5-6-9-10-3-2-4-12(15)13(10)14(16)11(9)7-8/h2-7H,1H3. The maximum atomic E-state index is 12.2. The van der Waals surface area contributed by atoms with E-state index in [0.29, 0.717) is 21.9 Å². The third kappa shape index (κ3) is 1.38. The third-order valence-electron chi connectivity index (χ3n) is 3.00. The van der Waals surface area contributed by atoms with Crippen LogP contribution in [0.2, 0.25) is 5.02 Å². The summed E-state index contributed by atoms with van der Waals surface area (Å²) in [4.78, 5) is 12.2. The predicted molar refractivity (Wildman–Crippen MR) is 66.9 cm³/mol. The normalized spacial score (nSPS) is 12.2. The van der Waals surface area contributed by atoms with Gasteiger partial charge in [0.1, 0.15) is 5.75 Å². The molecule has 2 aromatic rings. The average molecular weight is 245 g/mol. The minimum Gasteiger partial charge on any atom is -0.497 e. The van der Waals surface area contributed by atoms with Gasteiger partial charge in [-0.15, -0.1) is 0 Å². The van der Waals surface area contributed by atoms with Crippen molar-refractivity contribution in [3.8, 4) is 16.9 Å². The number of rotatable bonds is 1. The molecule has 84 valence electrons. The third-order valence-corrected chi connectivity index (χ3v) is 3.32. The van der Waals surface area contributed by atoms with Crippen LogP contribution in [-0.2, 0) is 0 Å². The summed E-state index contributed by atoms with van der Waals surface area (Å²) in [6.45, 7) is 0. The Morgan fingerprint density at radius 1 is 1.06 bits per heavy atom. The van der Waals surface area contributed by atoms with E-state index in [1.165, 1.54) is 0 Å². The second-order valence-electron chi connectivity index (χ2n) is 3.90. The molecule has 3 rings (SSSR count). The lowest BCUT2D eigenvalue weighted by molar-refractivity contribution is 0.104. The maximum Gasteiger partial charge on any atom is 0.195 e. The number of ketones is 1. The zero-order chi connectivity index (χ0) is 12.0. The van der Waals surface area contributed by atoms with Gasteiger partial charge in [-0.05, 0) is 35.4 Å². The minimum atomic E-state index is -0.0282. The van der Waals surface area contributed by atoms with Gasteiger partial charge in [-0.1, -0.05) is 23.7 Å². The molecule has 0 unspecified atom stereocenters. The molecule has 0 atom stereocenters. The zero-order valence-corrected chi connectivity index (χ0v) is 9.91. The molecule has 2 nitrogen and oxygen atoms in total. The fourth-order valence-electron chi connectivity index (χ4n) is 2.19. The van der Waals surface area contributed by atoms with Crippen LogP contribution in [0.5, 0.6) is 5.75 Å². The fourth-order valence-corrected chi connectivity index (χ4v) is 2.45. The Labute approximate surface area is 104 Å². The van der Waals surface area contributed by atoms with E-state index < -0.39 is 0 Å². The van der Waals surface area contributed by atoms with Crippen LogP contribution in [0.1, 0.15) is 15.9 Å². The first kappa shape index (κ1) is 10.4. The smallest absolute Gasteiger partial charge is 0.195 e. The summed E-state index contributed by atoms with van der Waals surface area (Å²) in [5.74, 6) is 0.653. The summed E-state index contributed by atoms with van der Waals surface area (Å²) in [5, 5.41) is 0.502. The van der Waals surface area contributed by atoms with Crippen molar-refractivity contribution in [3.05, 3.63) is 52.5 Å². The molecule has 1 aliphatic rings. The van der Waals surface area contributed by atoms with E-state index >= 15 is 0 Å². The van der Waals surface area contributed by atoms with E-state index in [0.717, 1.165) is 11.1 Å². The Morgan fingerprint density at radius 3 is 2.65 bits per heavy atom. The molecule has 17 heavy (non-hydrogen) atoms. The molecule has 0 fully saturated rings. The van der Waals surface area contributed by atoms with Crippen LogP contribution in [0.25, 0.3) is 11.1 Å². The van der Waals surface area contributed by atoms with Crippen LogP contribution in [0.15, 0.2) is 36.4 Å². The van der Waals surface area contributed by atoms with Crippen molar-refractivity contribution in [2.75, 3.05) is 7.11 Å². The number of benzene rings is 2. The van der Waals surface area contributed by atoms with E-state index in [9.17, 15) is 4.79 Å². The highest BCUT2D eigenvalue weighted by molar-refractivity contribution is 6.37. The quantitative estimate of drug-likeness (QED) is 0.654. The van der Waals surface area contributed by atoms with E-state index in [2.05, 4.69) is 0 Å². The van der Waals surface area contributed by atoms with Crippen LogP contribution >= 0.6 is 11.6 Å². The summed E-state index contributed by atoms with van der Waals surface area (Å²) in [6.07, 6.45) is 0. The fraction of sp³-hybridized carbons (Fsp3) is 0.0714. The Morgan fingerprint density at radius 2 is 1.88 bits per heavy atom. The van der Waals surface area contributed by atoms with Crippen molar-refractivity contribution >= 4 is 17.4 Å². The van der Waals surface area contributed by atoms with Gasteiger partial charge in [0.25, 0.3) is 0 Å². The monoisotopic (exact) mass is 244 g/mol. The average Bonchev–Trinajstić information content (AvgIpc) is 2.64. The maximum absolute atomic E-state index is 12.2. The number of fused-ring (bicyclic) bond motifs is 3. The first-order chi connectivity index (χ1) is 8.22. The number of ether oxygens (including phenoxy) is 1. The highest BCUT2D eigenvalue weighted by Gasteiger charge is 2.28. The van der Waals surface area contributed by atoms with Crippen molar-refractivity contribution in [1.29, 1.82) is 0 Å². The van der Waals surface area contributed by atoms with Gasteiger partial charge in [0.2, 0.25) is 0 Å². The van der Waals surface area contributed by atoms with Gasteiger partial charge in [-0.25, -0.2) is 0 Å². The first-order valence-corrected chi connectivity index (χ1v) is 5.62. The summed E-state index contributed by atoms with van der Waals surface area (Å²) >= 11 is 6.08. The lowest BCUT2D eigenvalue weighted by atomic mass is 10.1. The van der Waals surface area contributed by atoms with Gasteiger partial charge in [0.15, 0.2) is 5.78 Å². The van der Waals surface area contributed by atoms with Crippen molar-refractivity contribution in [1.82, 2.24) is 0 Å². The molecule has 2 aromatic carbocycles. The Hall–Kier alpha value is -1.80. The molecule has 3 heteroatoms. The largest absolute Gasteiger partial charge is 0.497 e. The molecule has 0 bridgehead atoms. The van der Waals surface area contributed by atoms with Gasteiger partial charge in [-0.3, -0.25) is 4.79 Å². The highest BCUT2D eigenvalue weighted by Crippen LogP contribution is 2.41. The van der Waals surface area contributed by atoms with Crippen molar-refractivity contribution in [2.45, 2.75) is 0 Å². The van der Waals surface area contributed by atoms with Gasteiger partial charge >= 0.3 is 0 Å². The summed E-state index contributed by atoms with van der Waals surface area (Å²) in [7, 11) is 1.58. The summed E-state index contributed by atoms with van der Waals surface area (Å²) in [6, 6.07) is 11.0. The molecule has 0 heterocycles. The van der Waals surface area contributed by atoms with Crippen LogP contribution < -0.4 is 4.74 Å². The summed E-state index contributed by atoms with van der Waals surface area (Å²) in [5.41, 5.74) is 3.08. The van der Waals surface area contributed by atoms with Crippen LogP contribution in [-0.4, -0.2) is 12.9 Å². The van der Waals surface area contributed by atoms with E-state index in [1.54, 1.807) is 19.2 Å². The number of halogens is 1. The van der Waals surface area contributed by atoms with E-state index in [4.69, 9.17) is 16.3 Å². The molecule has 0 spiro atoms. The van der Waals surface area contributed by atoms with Crippen molar-refractivity contribution < 1.29 is 9.53 Å². The van der Waals surface area contributed by atoms with Crippen LogP contribution in [0.4, 0.5) is 0 Å². The number of hydrogen-bond donors (Lipinski definition) is 0. The number of carbonyl (C=O) groups excluding carboxylic acids is 1. The number of hydrogen-bond acceptors (Lipinski definition) is 2. The van der Waals surface area contributed by atoms with Gasteiger partial charge < -0.3 is 4.74 Å². The topological polar surface area (TPSA) is 26.3 Å². The second kappa shape index (κ2) is 3.60. The Kier molecular flexibility index (Phi) is 2.20. The molecule has 1 aliphatic carbocycles. The molecular formula is C14H9ClO2. The molecule has 0 saturated carbocycles.